The maximum absolute atomic E-state index is 12.3. The molecule has 0 saturated carbocycles. The van der Waals surface area contributed by atoms with Crippen LogP contribution in [0.2, 0.25) is 0 Å². The van der Waals surface area contributed by atoms with Crippen molar-refractivity contribution < 1.29 is 24.2 Å². The molecule has 0 atom stereocenters. The molecular weight excluding hydrogens is 461 g/mol. The van der Waals surface area contributed by atoms with Gasteiger partial charge in [0.25, 0.3) is 5.91 Å². The van der Waals surface area contributed by atoms with Gasteiger partial charge in [0.1, 0.15) is 5.70 Å². The van der Waals surface area contributed by atoms with Gasteiger partial charge in [-0.15, -0.1) is 0 Å². The Morgan fingerprint density at radius 2 is 1.85 bits per heavy atom. The van der Waals surface area contributed by atoms with Crippen molar-refractivity contribution in [2.24, 2.45) is 0 Å². The second-order valence-electron chi connectivity index (χ2n) is 5.88. The second kappa shape index (κ2) is 9.40. The lowest BCUT2D eigenvalue weighted by Gasteiger charge is -2.16. The van der Waals surface area contributed by atoms with Crippen LogP contribution in [0.25, 0.3) is 6.08 Å². The second-order valence-corrected chi connectivity index (χ2v) is 7.05. The number of rotatable bonds is 7. The van der Waals surface area contributed by atoms with Crippen LogP contribution < -0.4 is 14.8 Å². The molecule has 0 spiro atoms. The zero-order chi connectivity index (χ0) is 20.0. The van der Waals surface area contributed by atoms with Gasteiger partial charge in [0, 0.05) is 5.56 Å². The molecule has 0 saturated heterocycles. The summed E-state index contributed by atoms with van der Waals surface area (Å²) in [6.45, 7) is 3.82. The number of carbonyl (C=O) groups is 2. The van der Waals surface area contributed by atoms with Crippen molar-refractivity contribution in [2.45, 2.75) is 20.0 Å². The monoisotopic (exact) mass is 481 g/mol. The average molecular weight is 481 g/mol. The number of benzene rings is 2. The Morgan fingerprint density at radius 1 is 1.19 bits per heavy atom. The number of hydrogen-bond acceptors (Lipinski definition) is 4. The first-order valence-electron chi connectivity index (χ1n) is 8.17. The number of aliphatic carboxylic acids is 1. The van der Waals surface area contributed by atoms with Gasteiger partial charge in [-0.1, -0.05) is 18.2 Å². The van der Waals surface area contributed by atoms with Crippen LogP contribution in [0, 0.1) is 3.57 Å². The third-order valence-electron chi connectivity index (χ3n) is 3.43. The fourth-order valence-electron chi connectivity index (χ4n) is 2.28. The van der Waals surface area contributed by atoms with E-state index in [4.69, 9.17) is 9.47 Å². The van der Waals surface area contributed by atoms with Crippen LogP contribution in [-0.4, -0.2) is 30.2 Å². The van der Waals surface area contributed by atoms with E-state index in [-0.39, 0.29) is 11.8 Å². The Labute approximate surface area is 171 Å². The van der Waals surface area contributed by atoms with E-state index in [9.17, 15) is 14.7 Å². The van der Waals surface area contributed by atoms with Crippen LogP contribution in [0.15, 0.2) is 48.2 Å². The summed E-state index contributed by atoms with van der Waals surface area (Å²) >= 11 is 2.10. The molecular formula is C20H20INO5. The molecule has 0 aromatic heterocycles. The van der Waals surface area contributed by atoms with Crippen LogP contribution in [0.5, 0.6) is 11.5 Å². The minimum atomic E-state index is -1.24. The van der Waals surface area contributed by atoms with E-state index in [1.165, 1.54) is 13.2 Å². The normalized spacial score (nSPS) is 11.2. The molecule has 27 heavy (non-hydrogen) atoms. The van der Waals surface area contributed by atoms with E-state index in [0.717, 1.165) is 3.57 Å². The van der Waals surface area contributed by atoms with Crippen molar-refractivity contribution in [3.05, 3.63) is 62.9 Å². The maximum Gasteiger partial charge on any atom is 0.352 e. The van der Waals surface area contributed by atoms with E-state index in [2.05, 4.69) is 27.9 Å². The highest BCUT2D eigenvalue weighted by Gasteiger charge is 2.16. The molecule has 2 aromatic carbocycles. The minimum Gasteiger partial charge on any atom is -0.493 e. The Kier molecular flexibility index (Phi) is 7.23. The lowest BCUT2D eigenvalue weighted by atomic mass is 10.1. The van der Waals surface area contributed by atoms with Gasteiger partial charge >= 0.3 is 5.97 Å². The molecule has 6 nitrogen and oxygen atoms in total. The van der Waals surface area contributed by atoms with Crippen molar-refractivity contribution in [1.29, 1.82) is 0 Å². The van der Waals surface area contributed by atoms with Gasteiger partial charge < -0.3 is 19.9 Å². The smallest absolute Gasteiger partial charge is 0.352 e. The summed E-state index contributed by atoms with van der Waals surface area (Å²) in [5.74, 6) is -0.655. The maximum atomic E-state index is 12.3. The molecule has 0 radical (unpaired) electrons. The standard InChI is InChI=1S/C20H20INO5/c1-12(2)27-18-15(21)9-13(11-17(18)26-3)10-16(20(24)25)22-19(23)14-7-5-4-6-8-14/h4-12H,1-3H3,(H,22,23)(H,24,25)/b16-10+. The van der Waals surface area contributed by atoms with Crippen LogP contribution in [0.1, 0.15) is 29.8 Å². The number of carboxylic acids is 1. The molecule has 0 aliphatic rings. The first kappa shape index (κ1) is 20.8. The third-order valence-corrected chi connectivity index (χ3v) is 4.23. The highest BCUT2D eigenvalue weighted by Crippen LogP contribution is 2.35. The summed E-state index contributed by atoms with van der Waals surface area (Å²) < 4.78 is 11.9. The number of hydrogen-bond donors (Lipinski definition) is 2. The summed E-state index contributed by atoms with van der Waals surface area (Å²) in [5.41, 5.74) is 0.704. The van der Waals surface area contributed by atoms with Gasteiger partial charge in [-0.2, -0.15) is 0 Å². The summed E-state index contributed by atoms with van der Waals surface area (Å²) in [6, 6.07) is 11.8. The summed E-state index contributed by atoms with van der Waals surface area (Å²) in [5, 5.41) is 11.9. The molecule has 0 aliphatic carbocycles. The predicted molar refractivity (Wildman–Crippen MR) is 111 cm³/mol. The molecule has 2 N–H and O–H groups in total. The molecule has 2 aromatic rings. The zero-order valence-corrected chi connectivity index (χ0v) is 17.3. The molecule has 142 valence electrons. The first-order chi connectivity index (χ1) is 12.8. The average Bonchev–Trinajstić information content (AvgIpc) is 2.63. The van der Waals surface area contributed by atoms with Crippen molar-refractivity contribution in [2.75, 3.05) is 7.11 Å². The predicted octanol–water partition coefficient (Wildman–Crippen LogP) is 3.94. The number of carbonyl (C=O) groups excluding carboxylic acids is 1. The van der Waals surface area contributed by atoms with E-state index in [0.29, 0.717) is 22.6 Å². The molecule has 0 heterocycles. The number of nitrogens with one attached hydrogen (secondary N) is 1. The Balaban J connectivity index is 2.36. The van der Waals surface area contributed by atoms with Crippen molar-refractivity contribution in [1.82, 2.24) is 5.32 Å². The Hall–Kier alpha value is -2.55. The van der Waals surface area contributed by atoms with Gasteiger partial charge in [-0.25, -0.2) is 4.79 Å². The van der Waals surface area contributed by atoms with E-state index < -0.39 is 11.9 Å². The van der Waals surface area contributed by atoms with Crippen LogP contribution in [0.4, 0.5) is 0 Å². The highest BCUT2D eigenvalue weighted by atomic mass is 127. The van der Waals surface area contributed by atoms with Gasteiger partial charge in [-0.3, -0.25) is 4.79 Å². The van der Waals surface area contributed by atoms with Crippen molar-refractivity contribution >= 4 is 40.5 Å². The number of carboxylic acid groups (broad SMARTS) is 1. The Morgan fingerprint density at radius 3 is 2.41 bits per heavy atom. The van der Waals surface area contributed by atoms with Crippen LogP contribution >= 0.6 is 22.6 Å². The lowest BCUT2D eigenvalue weighted by Crippen LogP contribution is -2.27. The molecule has 0 bridgehead atoms. The largest absolute Gasteiger partial charge is 0.493 e. The summed E-state index contributed by atoms with van der Waals surface area (Å²) in [7, 11) is 1.52. The number of halogens is 1. The molecule has 1 amide bonds. The van der Waals surface area contributed by atoms with Gasteiger partial charge in [0.15, 0.2) is 11.5 Å². The first-order valence-corrected chi connectivity index (χ1v) is 9.25. The van der Waals surface area contributed by atoms with E-state index in [1.807, 2.05) is 13.8 Å². The SMILES string of the molecule is COc1cc(/C=C(/NC(=O)c2ccccc2)C(=O)O)cc(I)c1OC(C)C. The van der Waals surface area contributed by atoms with Gasteiger partial charge in [-0.05, 0) is 72.3 Å². The summed E-state index contributed by atoms with van der Waals surface area (Å²) in [6.07, 6.45) is 1.35. The molecule has 0 aliphatic heterocycles. The molecule has 0 fully saturated rings. The fraction of sp³-hybridized carbons (Fsp3) is 0.200. The van der Waals surface area contributed by atoms with Crippen molar-refractivity contribution in [3.8, 4) is 11.5 Å². The molecule has 7 heteroatoms. The number of amides is 1. The van der Waals surface area contributed by atoms with E-state index in [1.54, 1.807) is 42.5 Å². The minimum absolute atomic E-state index is 0.0338. The molecule has 0 unspecified atom stereocenters. The fourth-order valence-corrected chi connectivity index (χ4v) is 3.03. The summed E-state index contributed by atoms with van der Waals surface area (Å²) in [4.78, 5) is 23.8. The number of ether oxygens (including phenoxy) is 2. The zero-order valence-electron chi connectivity index (χ0n) is 15.2. The van der Waals surface area contributed by atoms with E-state index >= 15 is 0 Å². The quantitative estimate of drug-likeness (QED) is 0.463. The van der Waals surface area contributed by atoms with Gasteiger partial charge in [0.05, 0.1) is 16.8 Å². The third kappa shape index (κ3) is 5.72. The number of methoxy groups -OCH3 is 1. The highest BCUT2D eigenvalue weighted by molar-refractivity contribution is 14.1. The Bertz CT molecular complexity index is 862. The molecule has 2 rings (SSSR count). The van der Waals surface area contributed by atoms with Crippen LogP contribution in [-0.2, 0) is 4.79 Å². The van der Waals surface area contributed by atoms with Gasteiger partial charge in [0.2, 0.25) is 0 Å². The topological polar surface area (TPSA) is 84.9 Å². The lowest BCUT2D eigenvalue weighted by molar-refractivity contribution is -0.132. The van der Waals surface area contributed by atoms with Crippen LogP contribution in [0.3, 0.4) is 0 Å². The van der Waals surface area contributed by atoms with Crippen molar-refractivity contribution in [3.63, 3.8) is 0 Å².